The minimum absolute atomic E-state index is 0.0886. The monoisotopic (exact) mass is 359 g/mol. The molecular weight excluding hydrogens is 342 g/mol. The molecule has 1 saturated carbocycles. The number of hydrogen-bond donors (Lipinski definition) is 2. The average Bonchev–Trinajstić information content (AvgIpc) is 2.38. The summed E-state index contributed by atoms with van der Waals surface area (Å²) >= 11 is 9.35. The van der Waals surface area contributed by atoms with Gasteiger partial charge in [0.25, 0.3) is 0 Å². The van der Waals surface area contributed by atoms with Gasteiger partial charge in [0.2, 0.25) is 0 Å². The minimum atomic E-state index is -0.898. The normalized spacial score (nSPS) is 30.0. The Hall–Kier alpha value is -0.740. The number of anilines is 1. The fraction of sp³-hybridized carbons (Fsp3) is 0.533. The second-order valence-electron chi connectivity index (χ2n) is 5.82. The Balaban J connectivity index is 2.33. The Labute approximate surface area is 132 Å². The van der Waals surface area contributed by atoms with Crippen LogP contribution in [0.15, 0.2) is 22.7 Å². The van der Waals surface area contributed by atoms with E-state index in [1.165, 1.54) is 0 Å². The third kappa shape index (κ3) is 2.96. The maximum absolute atomic E-state index is 11.9. The van der Waals surface area contributed by atoms with Crippen LogP contribution in [-0.4, -0.2) is 16.6 Å². The van der Waals surface area contributed by atoms with E-state index in [1.54, 1.807) is 6.07 Å². The number of aliphatic carboxylic acids is 1. The van der Waals surface area contributed by atoms with Crippen LogP contribution < -0.4 is 5.32 Å². The number of halogens is 2. The Kier molecular flexibility index (Phi) is 4.65. The number of carboxylic acid groups (broad SMARTS) is 1. The van der Waals surface area contributed by atoms with Crippen molar-refractivity contribution in [3.63, 3.8) is 0 Å². The zero-order valence-corrected chi connectivity index (χ0v) is 14.0. The molecule has 0 radical (unpaired) electrons. The standard InChI is InChI=1S/C15H19BrClNO2/c1-9-3-4-10(2)15(8-9,14(19)20)18-11-5-6-13(17)12(16)7-11/h5-7,9-10,18H,3-4,8H2,1-2H3,(H,19,20). The molecule has 0 heterocycles. The minimum Gasteiger partial charge on any atom is -0.479 e. The number of carboxylic acids is 1. The highest BCUT2D eigenvalue weighted by Gasteiger charge is 2.47. The van der Waals surface area contributed by atoms with Gasteiger partial charge in [0, 0.05) is 10.2 Å². The van der Waals surface area contributed by atoms with Crippen LogP contribution in [0.5, 0.6) is 0 Å². The summed E-state index contributed by atoms with van der Waals surface area (Å²) < 4.78 is 0.765. The van der Waals surface area contributed by atoms with Crippen LogP contribution in [0, 0.1) is 11.8 Å². The van der Waals surface area contributed by atoms with Crippen molar-refractivity contribution in [2.75, 3.05) is 5.32 Å². The molecule has 110 valence electrons. The second-order valence-corrected chi connectivity index (χ2v) is 7.08. The van der Waals surface area contributed by atoms with Crippen LogP contribution in [-0.2, 0) is 4.79 Å². The summed E-state index contributed by atoms with van der Waals surface area (Å²) in [5, 5.41) is 13.6. The van der Waals surface area contributed by atoms with Gasteiger partial charge in [-0.3, -0.25) is 0 Å². The lowest BCUT2D eigenvalue weighted by molar-refractivity contribution is -0.146. The van der Waals surface area contributed by atoms with E-state index >= 15 is 0 Å². The lowest BCUT2D eigenvalue weighted by Crippen LogP contribution is -2.54. The van der Waals surface area contributed by atoms with E-state index < -0.39 is 11.5 Å². The Morgan fingerprint density at radius 2 is 2.15 bits per heavy atom. The van der Waals surface area contributed by atoms with Crippen LogP contribution in [0.1, 0.15) is 33.1 Å². The largest absolute Gasteiger partial charge is 0.479 e. The highest BCUT2D eigenvalue weighted by atomic mass is 79.9. The molecule has 0 aliphatic heterocycles. The fourth-order valence-electron chi connectivity index (χ4n) is 2.99. The number of benzene rings is 1. The first kappa shape index (κ1) is 15.6. The molecule has 0 bridgehead atoms. The number of hydrogen-bond acceptors (Lipinski definition) is 2. The van der Waals surface area contributed by atoms with E-state index in [0.29, 0.717) is 17.4 Å². The van der Waals surface area contributed by atoms with Crippen molar-refractivity contribution in [3.8, 4) is 0 Å². The van der Waals surface area contributed by atoms with Gasteiger partial charge < -0.3 is 10.4 Å². The van der Waals surface area contributed by atoms with Crippen molar-refractivity contribution < 1.29 is 9.90 Å². The first-order chi connectivity index (χ1) is 9.35. The molecule has 0 aromatic heterocycles. The molecule has 1 aliphatic rings. The molecule has 1 fully saturated rings. The molecule has 2 rings (SSSR count). The highest BCUT2D eigenvalue weighted by Crippen LogP contribution is 2.40. The molecular formula is C15H19BrClNO2. The lowest BCUT2D eigenvalue weighted by Gasteiger charge is -2.43. The van der Waals surface area contributed by atoms with Crippen molar-refractivity contribution in [1.82, 2.24) is 0 Å². The van der Waals surface area contributed by atoms with Crippen molar-refractivity contribution in [2.24, 2.45) is 11.8 Å². The van der Waals surface area contributed by atoms with Gasteiger partial charge in [0.05, 0.1) is 5.02 Å². The van der Waals surface area contributed by atoms with Crippen LogP contribution in [0.3, 0.4) is 0 Å². The zero-order valence-electron chi connectivity index (χ0n) is 11.6. The molecule has 0 spiro atoms. The third-order valence-electron chi connectivity index (χ3n) is 4.27. The van der Waals surface area contributed by atoms with E-state index in [0.717, 1.165) is 23.0 Å². The smallest absolute Gasteiger partial charge is 0.329 e. The summed E-state index contributed by atoms with van der Waals surface area (Å²) in [5.74, 6) is -0.279. The summed E-state index contributed by atoms with van der Waals surface area (Å²) in [5.41, 5.74) is -0.116. The molecule has 3 unspecified atom stereocenters. The fourth-order valence-corrected chi connectivity index (χ4v) is 3.49. The topological polar surface area (TPSA) is 49.3 Å². The molecule has 3 nitrogen and oxygen atoms in total. The SMILES string of the molecule is CC1CCC(C)C(Nc2ccc(Cl)c(Br)c2)(C(=O)O)C1. The summed E-state index contributed by atoms with van der Waals surface area (Å²) in [4.78, 5) is 11.9. The van der Waals surface area contributed by atoms with Crippen LogP contribution >= 0.6 is 27.5 Å². The molecule has 1 aliphatic carbocycles. The van der Waals surface area contributed by atoms with Crippen molar-refractivity contribution in [2.45, 2.75) is 38.6 Å². The van der Waals surface area contributed by atoms with Gasteiger partial charge in [0.1, 0.15) is 5.54 Å². The average molecular weight is 361 g/mol. The van der Waals surface area contributed by atoms with E-state index in [2.05, 4.69) is 28.2 Å². The quantitative estimate of drug-likeness (QED) is 0.814. The zero-order chi connectivity index (χ0) is 14.9. The molecule has 20 heavy (non-hydrogen) atoms. The molecule has 1 aromatic rings. The predicted octanol–water partition coefficient (Wildman–Crippen LogP) is 4.79. The molecule has 2 N–H and O–H groups in total. The first-order valence-corrected chi connectivity index (χ1v) is 7.99. The Morgan fingerprint density at radius 1 is 1.45 bits per heavy atom. The van der Waals surface area contributed by atoms with Gasteiger partial charge in [-0.05, 0) is 58.8 Å². The van der Waals surface area contributed by atoms with Gasteiger partial charge in [-0.1, -0.05) is 31.9 Å². The van der Waals surface area contributed by atoms with Gasteiger partial charge >= 0.3 is 5.97 Å². The Morgan fingerprint density at radius 3 is 2.75 bits per heavy atom. The van der Waals surface area contributed by atoms with Crippen molar-refractivity contribution in [1.29, 1.82) is 0 Å². The summed E-state index contributed by atoms with van der Waals surface area (Å²) in [6, 6.07) is 5.42. The summed E-state index contributed by atoms with van der Waals surface area (Å²) in [7, 11) is 0. The van der Waals surface area contributed by atoms with Crippen LogP contribution in [0.25, 0.3) is 0 Å². The molecule has 0 saturated heterocycles. The third-order valence-corrected chi connectivity index (χ3v) is 5.49. The highest BCUT2D eigenvalue weighted by molar-refractivity contribution is 9.10. The summed E-state index contributed by atoms with van der Waals surface area (Å²) in [6.07, 6.45) is 2.65. The predicted molar refractivity (Wildman–Crippen MR) is 85.3 cm³/mol. The van der Waals surface area contributed by atoms with E-state index in [1.807, 2.05) is 19.1 Å². The van der Waals surface area contributed by atoms with Crippen molar-refractivity contribution >= 4 is 39.2 Å². The molecule has 1 aromatic carbocycles. The maximum Gasteiger partial charge on any atom is 0.329 e. The maximum atomic E-state index is 11.9. The number of rotatable bonds is 3. The lowest BCUT2D eigenvalue weighted by atomic mass is 9.69. The number of carbonyl (C=O) groups is 1. The molecule has 3 atom stereocenters. The van der Waals surface area contributed by atoms with Gasteiger partial charge in [-0.2, -0.15) is 0 Å². The van der Waals surface area contributed by atoms with Gasteiger partial charge in [-0.25, -0.2) is 4.79 Å². The van der Waals surface area contributed by atoms with E-state index in [4.69, 9.17) is 11.6 Å². The summed E-state index contributed by atoms with van der Waals surface area (Å²) in [6.45, 7) is 4.13. The number of nitrogens with one attached hydrogen (secondary N) is 1. The molecule has 5 heteroatoms. The molecule has 0 amide bonds. The van der Waals surface area contributed by atoms with Gasteiger partial charge in [-0.15, -0.1) is 0 Å². The van der Waals surface area contributed by atoms with E-state index in [-0.39, 0.29) is 5.92 Å². The van der Waals surface area contributed by atoms with Crippen molar-refractivity contribution in [3.05, 3.63) is 27.7 Å². The van der Waals surface area contributed by atoms with Crippen LogP contribution in [0.4, 0.5) is 5.69 Å². The first-order valence-electron chi connectivity index (χ1n) is 6.82. The van der Waals surface area contributed by atoms with Crippen LogP contribution in [0.2, 0.25) is 5.02 Å². The van der Waals surface area contributed by atoms with Gasteiger partial charge in [0.15, 0.2) is 0 Å². The Bertz CT molecular complexity index is 523. The van der Waals surface area contributed by atoms with E-state index in [9.17, 15) is 9.90 Å². The second kappa shape index (κ2) is 5.94.